The average molecular weight is 349 g/mol. The van der Waals surface area contributed by atoms with Crippen LogP contribution in [0, 0.1) is 0 Å². The van der Waals surface area contributed by atoms with Crippen molar-refractivity contribution in [3.05, 3.63) is 58.1 Å². The summed E-state index contributed by atoms with van der Waals surface area (Å²) in [6, 6.07) is 12.6. The predicted octanol–water partition coefficient (Wildman–Crippen LogP) is 3.53. The minimum absolute atomic E-state index is 0.172. The molecular weight excluding hydrogens is 332 g/mol. The van der Waals surface area contributed by atoms with E-state index in [1.165, 1.54) is 0 Å². The molecule has 3 N–H and O–H groups in total. The first kappa shape index (κ1) is 15.4. The van der Waals surface area contributed by atoms with Gasteiger partial charge in [-0.1, -0.05) is 34.1 Å². The van der Waals surface area contributed by atoms with E-state index in [0.717, 1.165) is 15.8 Å². The number of para-hydroxylation sites is 1. The van der Waals surface area contributed by atoms with Crippen LogP contribution < -0.4 is 15.8 Å². The number of ether oxygens (including phenoxy) is 1. The summed E-state index contributed by atoms with van der Waals surface area (Å²) in [5.41, 5.74) is 7.74. The SMILES string of the molecule is COc1ccccc1[C@H](C)NC(=O)c1cc(N)cc(Br)c1. The summed E-state index contributed by atoms with van der Waals surface area (Å²) in [5.74, 6) is 0.570. The van der Waals surface area contributed by atoms with Gasteiger partial charge in [0.1, 0.15) is 5.75 Å². The number of benzene rings is 2. The minimum atomic E-state index is -0.179. The molecule has 0 aliphatic carbocycles. The van der Waals surface area contributed by atoms with E-state index < -0.39 is 0 Å². The number of carbonyl (C=O) groups is 1. The smallest absolute Gasteiger partial charge is 0.251 e. The molecule has 2 aromatic carbocycles. The molecule has 2 rings (SSSR count). The summed E-state index contributed by atoms with van der Waals surface area (Å²) < 4.78 is 6.09. The highest BCUT2D eigenvalue weighted by molar-refractivity contribution is 9.10. The van der Waals surface area contributed by atoms with Gasteiger partial charge in [0, 0.05) is 21.3 Å². The highest BCUT2D eigenvalue weighted by Crippen LogP contribution is 2.25. The minimum Gasteiger partial charge on any atom is -0.496 e. The van der Waals surface area contributed by atoms with Gasteiger partial charge < -0.3 is 15.8 Å². The zero-order chi connectivity index (χ0) is 15.4. The van der Waals surface area contributed by atoms with Gasteiger partial charge in [0.15, 0.2) is 0 Å². The fraction of sp³-hybridized carbons (Fsp3) is 0.188. The lowest BCUT2D eigenvalue weighted by molar-refractivity contribution is 0.0939. The van der Waals surface area contributed by atoms with Crippen molar-refractivity contribution in [3.63, 3.8) is 0 Å². The first-order chi connectivity index (χ1) is 10.0. The van der Waals surface area contributed by atoms with Crippen LogP contribution in [0.4, 0.5) is 5.69 Å². The van der Waals surface area contributed by atoms with Gasteiger partial charge in [-0.25, -0.2) is 0 Å². The Morgan fingerprint density at radius 3 is 2.67 bits per heavy atom. The van der Waals surface area contributed by atoms with Crippen LogP contribution in [0.1, 0.15) is 28.9 Å². The number of anilines is 1. The molecule has 1 atom stereocenters. The number of hydrogen-bond acceptors (Lipinski definition) is 3. The topological polar surface area (TPSA) is 64.3 Å². The molecular formula is C16H17BrN2O2. The molecule has 21 heavy (non-hydrogen) atoms. The molecule has 0 aliphatic rings. The third-order valence-electron chi connectivity index (χ3n) is 3.14. The highest BCUT2D eigenvalue weighted by Gasteiger charge is 2.15. The number of nitrogens with one attached hydrogen (secondary N) is 1. The van der Waals surface area contributed by atoms with Crippen LogP contribution in [0.5, 0.6) is 5.75 Å². The fourth-order valence-corrected chi connectivity index (χ4v) is 2.64. The van der Waals surface area contributed by atoms with Crippen LogP contribution in [0.3, 0.4) is 0 Å². The Morgan fingerprint density at radius 1 is 1.29 bits per heavy atom. The van der Waals surface area contributed by atoms with Gasteiger partial charge in [-0.15, -0.1) is 0 Å². The summed E-state index contributed by atoms with van der Waals surface area (Å²) in [4.78, 5) is 12.3. The van der Waals surface area contributed by atoms with Crippen LogP contribution >= 0.6 is 15.9 Å². The standard InChI is InChI=1S/C16H17BrN2O2/c1-10(14-5-3-4-6-15(14)21-2)19-16(20)11-7-12(17)9-13(18)8-11/h3-10H,18H2,1-2H3,(H,19,20)/t10-/m0/s1. The van der Waals surface area contributed by atoms with Crippen LogP contribution in [0.15, 0.2) is 46.9 Å². The van der Waals surface area contributed by atoms with Gasteiger partial charge in [0.25, 0.3) is 5.91 Å². The fourth-order valence-electron chi connectivity index (χ4n) is 2.13. The van der Waals surface area contributed by atoms with Gasteiger partial charge >= 0.3 is 0 Å². The van der Waals surface area contributed by atoms with E-state index in [0.29, 0.717) is 11.3 Å². The molecule has 2 aromatic rings. The molecule has 1 amide bonds. The number of amides is 1. The quantitative estimate of drug-likeness (QED) is 0.830. The number of methoxy groups -OCH3 is 1. The zero-order valence-corrected chi connectivity index (χ0v) is 13.5. The number of nitrogen functional groups attached to an aromatic ring is 1. The van der Waals surface area contributed by atoms with Crippen LogP contribution in [-0.2, 0) is 0 Å². The average Bonchev–Trinajstić information content (AvgIpc) is 2.46. The summed E-state index contributed by atoms with van der Waals surface area (Å²) in [6.45, 7) is 1.91. The molecule has 0 radical (unpaired) electrons. The Morgan fingerprint density at radius 2 is 2.00 bits per heavy atom. The van der Waals surface area contributed by atoms with E-state index in [-0.39, 0.29) is 11.9 Å². The largest absolute Gasteiger partial charge is 0.496 e. The Balaban J connectivity index is 2.18. The molecule has 0 aromatic heterocycles. The third-order valence-corrected chi connectivity index (χ3v) is 3.59. The van der Waals surface area contributed by atoms with E-state index in [9.17, 15) is 4.79 Å². The number of rotatable bonds is 4. The molecule has 0 spiro atoms. The monoisotopic (exact) mass is 348 g/mol. The Labute approximate surface area is 132 Å². The van der Waals surface area contributed by atoms with Gasteiger partial charge in [0.2, 0.25) is 0 Å². The first-order valence-electron chi connectivity index (χ1n) is 6.51. The number of halogens is 1. The van der Waals surface area contributed by atoms with Crippen LogP contribution in [0.2, 0.25) is 0 Å². The van der Waals surface area contributed by atoms with E-state index in [1.807, 2.05) is 31.2 Å². The molecule has 0 fully saturated rings. The van der Waals surface area contributed by atoms with Crippen molar-refractivity contribution in [3.8, 4) is 5.75 Å². The third kappa shape index (κ3) is 3.76. The van der Waals surface area contributed by atoms with Crippen molar-refractivity contribution in [1.29, 1.82) is 0 Å². The van der Waals surface area contributed by atoms with E-state index in [1.54, 1.807) is 25.3 Å². The molecule has 5 heteroatoms. The van der Waals surface area contributed by atoms with Gasteiger partial charge in [0.05, 0.1) is 13.2 Å². The zero-order valence-electron chi connectivity index (χ0n) is 11.9. The van der Waals surface area contributed by atoms with Crippen LogP contribution in [-0.4, -0.2) is 13.0 Å². The van der Waals surface area contributed by atoms with Crippen LogP contribution in [0.25, 0.3) is 0 Å². The molecule has 0 heterocycles. The van der Waals surface area contributed by atoms with Gasteiger partial charge in [-0.05, 0) is 31.2 Å². The van der Waals surface area contributed by atoms with E-state index in [4.69, 9.17) is 10.5 Å². The van der Waals surface area contributed by atoms with E-state index in [2.05, 4.69) is 21.2 Å². The second kappa shape index (κ2) is 6.63. The lowest BCUT2D eigenvalue weighted by atomic mass is 10.1. The number of nitrogens with two attached hydrogens (primary N) is 1. The lowest BCUT2D eigenvalue weighted by Gasteiger charge is -2.17. The maximum atomic E-state index is 12.3. The molecule has 0 bridgehead atoms. The molecule has 0 saturated heterocycles. The first-order valence-corrected chi connectivity index (χ1v) is 7.30. The number of carbonyl (C=O) groups excluding carboxylic acids is 1. The second-order valence-electron chi connectivity index (χ2n) is 4.71. The summed E-state index contributed by atoms with van der Waals surface area (Å²) in [6.07, 6.45) is 0. The lowest BCUT2D eigenvalue weighted by Crippen LogP contribution is -2.27. The normalized spacial score (nSPS) is 11.8. The van der Waals surface area contributed by atoms with E-state index >= 15 is 0 Å². The van der Waals surface area contributed by atoms with Crippen molar-refractivity contribution in [2.75, 3.05) is 12.8 Å². The van der Waals surface area contributed by atoms with Crippen molar-refractivity contribution in [2.45, 2.75) is 13.0 Å². The second-order valence-corrected chi connectivity index (χ2v) is 5.63. The summed E-state index contributed by atoms with van der Waals surface area (Å²) >= 11 is 3.34. The molecule has 0 aliphatic heterocycles. The Bertz CT molecular complexity index is 638. The van der Waals surface area contributed by atoms with Gasteiger partial charge in [-0.3, -0.25) is 4.79 Å². The molecule has 0 saturated carbocycles. The molecule has 110 valence electrons. The highest BCUT2D eigenvalue weighted by atomic mass is 79.9. The maximum absolute atomic E-state index is 12.3. The summed E-state index contributed by atoms with van der Waals surface area (Å²) in [7, 11) is 1.61. The maximum Gasteiger partial charge on any atom is 0.251 e. The predicted molar refractivity (Wildman–Crippen MR) is 87.4 cm³/mol. The Hall–Kier alpha value is -2.01. The Kier molecular flexibility index (Phi) is 4.85. The van der Waals surface area contributed by atoms with Crippen molar-refractivity contribution in [1.82, 2.24) is 5.32 Å². The summed E-state index contributed by atoms with van der Waals surface area (Å²) in [5, 5.41) is 2.95. The van der Waals surface area contributed by atoms with Gasteiger partial charge in [-0.2, -0.15) is 0 Å². The number of hydrogen-bond donors (Lipinski definition) is 2. The molecule has 4 nitrogen and oxygen atoms in total. The van der Waals surface area contributed by atoms with Crippen molar-refractivity contribution in [2.24, 2.45) is 0 Å². The molecule has 0 unspecified atom stereocenters. The van der Waals surface area contributed by atoms with Crippen molar-refractivity contribution < 1.29 is 9.53 Å². The van der Waals surface area contributed by atoms with Crippen molar-refractivity contribution >= 4 is 27.5 Å².